The van der Waals surface area contributed by atoms with Gasteiger partial charge in [0.2, 0.25) is 5.91 Å². The Kier molecular flexibility index (Phi) is 8.10. The zero-order valence-electron chi connectivity index (χ0n) is 17.9. The predicted octanol–water partition coefficient (Wildman–Crippen LogP) is 5.86. The number of hydrogen-bond donors (Lipinski definition) is 4. The smallest absolute Gasteiger partial charge is 0.412 e. The van der Waals surface area contributed by atoms with E-state index in [0.717, 1.165) is 4.47 Å². The summed E-state index contributed by atoms with van der Waals surface area (Å²) < 4.78 is 6.58. The molecule has 0 radical (unpaired) electrons. The Morgan fingerprint density at radius 1 is 1.00 bits per heavy atom. The summed E-state index contributed by atoms with van der Waals surface area (Å²) in [5.41, 5.74) is 8.08. The van der Waals surface area contributed by atoms with Crippen molar-refractivity contribution in [3.63, 3.8) is 0 Å². The van der Waals surface area contributed by atoms with E-state index in [1.807, 2.05) is 6.92 Å². The summed E-state index contributed by atoms with van der Waals surface area (Å²) in [4.78, 5) is 24.9. The van der Waals surface area contributed by atoms with Crippen LogP contribution in [0.5, 0.6) is 5.75 Å². The van der Waals surface area contributed by atoms with Crippen molar-refractivity contribution in [1.82, 2.24) is 0 Å². The normalized spacial score (nSPS) is 12.7. The number of amides is 2. The average Bonchev–Trinajstić information content (AvgIpc) is 2.80. The number of anilines is 3. The maximum atomic E-state index is 12.6. The van der Waals surface area contributed by atoms with Crippen LogP contribution in [0.3, 0.4) is 0 Å². The molecule has 0 aromatic heterocycles. The zero-order valence-corrected chi connectivity index (χ0v) is 19.5. The number of hydrogen-bond acceptors (Lipinski definition) is 5. The maximum Gasteiger partial charge on any atom is 0.412 e. The molecule has 0 bridgehead atoms. The van der Waals surface area contributed by atoms with Crippen LogP contribution in [-0.4, -0.2) is 17.1 Å². The third-order valence-corrected chi connectivity index (χ3v) is 5.32. The number of rotatable bonds is 7. The first-order valence-corrected chi connectivity index (χ1v) is 11.0. The predicted molar refractivity (Wildman–Crippen MR) is 133 cm³/mol. The molecule has 2 atom stereocenters. The van der Waals surface area contributed by atoms with Gasteiger partial charge in [0, 0.05) is 16.1 Å². The number of nitrogens with two attached hydrogens (primary N) is 1. The van der Waals surface area contributed by atoms with Crippen LogP contribution >= 0.6 is 15.9 Å². The molecule has 0 aliphatic carbocycles. The number of carbonyl (C=O) groups excluding carboxylic acids is 2. The topological polar surface area (TPSA) is 114 Å². The van der Waals surface area contributed by atoms with Crippen molar-refractivity contribution in [1.29, 1.82) is 0 Å². The van der Waals surface area contributed by atoms with E-state index in [4.69, 9.17) is 10.5 Å². The molecule has 0 fully saturated rings. The molecule has 3 aromatic carbocycles. The van der Waals surface area contributed by atoms with Crippen molar-refractivity contribution in [2.24, 2.45) is 5.92 Å². The van der Waals surface area contributed by atoms with Gasteiger partial charge in [-0.2, -0.15) is 0 Å². The summed E-state index contributed by atoms with van der Waals surface area (Å²) in [5, 5.41) is 15.0. The molecule has 170 valence electrons. The molecular formula is C25H24BrN3O4. The van der Waals surface area contributed by atoms with Gasteiger partial charge in [0.05, 0.1) is 11.4 Å². The van der Waals surface area contributed by atoms with Crippen molar-refractivity contribution in [2.45, 2.75) is 13.0 Å². The number of phenolic OH excluding ortho intramolecular Hbond substituents is 1. The van der Waals surface area contributed by atoms with Crippen LogP contribution in [0.1, 0.15) is 18.6 Å². The molecule has 33 heavy (non-hydrogen) atoms. The molecule has 0 heterocycles. The summed E-state index contributed by atoms with van der Waals surface area (Å²) in [6.45, 7) is 1.82. The van der Waals surface area contributed by atoms with Crippen molar-refractivity contribution < 1.29 is 19.4 Å². The van der Waals surface area contributed by atoms with Gasteiger partial charge < -0.3 is 20.9 Å². The van der Waals surface area contributed by atoms with Gasteiger partial charge in [-0.05, 0) is 60.2 Å². The largest absolute Gasteiger partial charge is 0.508 e. The monoisotopic (exact) mass is 509 g/mol. The van der Waals surface area contributed by atoms with E-state index >= 15 is 0 Å². The second kappa shape index (κ2) is 11.2. The molecule has 5 N–H and O–H groups in total. The molecule has 8 heteroatoms. The molecule has 0 aliphatic rings. The molecular weight excluding hydrogens is 486 g/mol. The third-order valence-electron chi connectivity index (χ3n) is 4.79. The lowest BCUT2D eigenvalue weighted by Crippen LogP contribution is -2.21. The highest BCUT2D eigenvalue weighted by atomic mass is 79.9. The average molecular weight is 510 g/mol. The minimum atomic E-state index is -0.702. The van der Waals surface area contributed by atoms with E-state index in [2.05, 4.69) is 26.6 Å². The first kappa shape index (κ1) is 23.9. The van der Waals surface area contributed by atoms with E-state index < -0.39 is 12.2 Å². The minimum absolute atomic E-state index is 0.0971. The Balaban J connectivity index is 1.72. The number of nitrogen functional groups attached to an aromatic ring is 1. The van der Waals surface area contributed by atoms with Gasteiger partial charge in [-0.1, -0.05) is 53.2 Å². The Morgan fingerprint density at radius 2 is 1.67 bits per heavy atom. The number of halogens is 1. The zero-order chi connectivity index (χ0) is 23.8. The summed E-state index contributed by atoms with van der Waals surface area (Å²) in [7, 11) is 0. The van der Waals surface area contributed by atoms with E-state index in [1.165, 1.54) is 18.2 Å². The van der Waals surface area contributed by atoms with Crippen LogP contribution < -0.4 is 16.4 Å². The minimum Gasteiger partial charge on any atom is -0.508 e. The number of carbonyl (C=O) groups is 2. The molecule has 0 spiro atoms. The number of nitrogens with one attached hydrogen (secondary N) is 2. The van der Waals surface area contributed by atoms with Gasteiger partial charge in [0.15, 0.2) is 0 Å². The van der Waals surface area contributed by atoms with Gasteiger partial charge >= 0.3 is 6.09 Å². The van der Waals surface area contributed by atoms with Crippen LogP contribution in [0.15, 0.2) is 89.4 Å². The molecule has 0 saturated carbocycles. The SMILES string of the molecule is C[C@@H](/C=C/C(=O)Nc1ccccc1N)[C@H](OC(=O)Nc1ccc(Br)cc1)c1ccc(O)cc1. The van der Waals surface area contributed by atoms with E-state index in [0.29, 0.717) is 22.6 Å². The summed E-state index contributed by atoms with van der Waals surface area (Å²) >= 11 is 3.35. The summed E-state index contributed by atoms with van der Waals surface area (Å²) in [5.74, 6) is -0.618. The van der Waals surface area contributed by atoms with Crippen LogP contribution in [0, 0.1) is 5.92 Å². The molecule has 2 amide bonds. The molecule has 0 aliphatic heterocycles. The number of para-hydroxylation sites is 2. The molecule has 0 saturated heterocycles. The second-order valence-corrected chi connectivity index (χ2v) is 8.26. The highest BCUT2D eigenvalue weighted by Gasteiger charge is 2.22. The van der Waals surface area contributed by atoms with E-state index in [1.54, 1.807) is 66.7 Å². The Bertz CT molecular complexity index is 1130. The van der Waals surface area contributed by atoms with E-state index in [9.17, 15) is 14.7 Å². The van der Waals surface area contributed by atoms with Gasteiger partial charge in [-0.3, -0.25) is 10.1 Å². The Morgan fingerprint density at radius 3 is 2.33 bits per heavy atom. The van der Waals surface area contributed by atoms with Crippen LogP contribution in [-0.2, 0) is 9.53 Å². The van der Waals surface area contributed by atoms with Crippen LogP contribution in [0.25, 0.3) is 0 Å². The van der Waals surface area contributed by atoms with Crippen molar-refractivity contribution in [2.75, 3.05) is 16.4 Å². The van der Waals surface area contributed by atoms with Gasteiger partial charge in [0.1, 0.15) is 11.9 Å². The lowest BCUT2D eigenvalue weighted by molar-refractivity contribution is -0.111. The van der Waals surface area contributed by atoms with Crippen molar-refractivity contribution >= 4 is 45.0 Å². The number of phenols is 1. The molecule has 3 rings (SSSR count). The fourth-order valence-corrected chi connectivity index (χ4v) is 3.33. The van der Waals surface area contributed by atoms with Crippen LogP contribution in [0.2, 0.25) is 0 Å². The maximum absolute atomic E-state index is 12.6. The van der Waals surface area contributed by atoms with Gasteiger partial charge in [-0.25, -0.2) is 4.79 Å². The summed E-state index contributed by atoms with van der Waals surface area (Å²) in [6, 6.07) is 20.4. The van der Waals surface area contributed by atoms with Crippen LogP contribution in [0.4, 0.5) is 21.9 Å². The first-order valence-electron chi connectivity index (χ1n) is 10.2. The standard InChI is InChI=1S/C25H24BrN3O4/c1-16(6-15-23(31)29-22-5-3-2-4-21(22)27)24(17-7-13-20(30)14-8-17)33-25(32)28-19-11-9-18(26)10-12-19/h2-16,24,30H,27H2,1H3,(H,28,32)(H,29,31)/b15-6+/t16-,24-/m0/s1. The number of benzene rings is 3. The van der Waals surface area contributed by atoms with E-state index in [-0.39, 0.29) is 17.6 Å². The molecule has 7 nitrogen and oxygen atoms in total. The lowest BCUT2D eigenvalue weighted by atomic mass is 9.96. The number of ether oxygens (including phenoxy) is 1. The van der Waals surface area contributed by atoms with Gasteiger partial charge in [-0.15, -0.1) is 0 Å². The first-order chi connectivity index (χ1) is 15.8. The summed E-state index contributed by atoms with van der Waals surface area (Å²) in [6.07, 6.45) is 1.68. The quantitative estimate of drug-likeness (QED) is 0.235. The second-order valence-electron chi connectivity index (χ2n) is 7.34. The van der Waals surface area contributed by atoms with Crippen molar-refractivity contribution in [3.05, 3.63) is 95.0 Å². The lowest BCUT2D eigenvalue weighted by Gasteiger charge is -2.23. The fourth-order valence-electron chi connectivity index (χ4n) is 3.06. The van der Waals surface area contributed by atoms with Crippen molar-refractivity contribution in [3.8, 4) is 5.75 Å². The molecule has 0 unspecified atom stereocenters. The third kappa shape index (κ3) is 7.11. The van der Waals surface area contributed by atoms with Gasteiger partial charge in [0.25, 0.3) is 0 Å². The highest BCUT2D eigenvalue weighted by molar-refractivity contribution is 9.10. The highest BCUT2D eigenvalue weighted by Crippen LogP contribution is 2.29. The Labute approximate surface area is 200 Å². The Hall–Kier alpha value is -3.78. The fraction of sp³-hybridized carbons (Fsp3) is 0.120. The molecule has 3 aromatic rings. The number of aromatic hydroxyl groups is 1.